The summed E-state index contributed by atoms with van der Waals surface area (Å²) in [4.78, 5) is 18.0. The number of carbonyl (C=O) groups excluding carboxylic acids is 1. The lowest BCUT2D eigenvalue weighted by molar-refractivity contribution is -0.137. The van der Waals surface area contributed by atoms with Crippen LogP contribution in [0.25, 0.3) is 0 Å². The molecule has 162 valence electrons. The van der Waals surface area contributed by atoms with E-state index in [1.807, 2.05) is 0 Å². The van der Waals surface area contributed by atoms with E-state index in [0.29, 0.717) is 5.56 Å². The number of aliphatic hydroxyl groups is 1. The monoisotopic (exact) mass is 453 g/mol. The zero-order chi connectivity index (χ0) is 22.8. The highest BCUT2D eigenvalue weighted by molar-refractivity contribution is 6.33. The first-order valence-electron chi connectivity index (χ1n) is 8.87. The fourth-order valence-electron chi connectivity index (χ4n) is 2.77. The number of aliphatic hydroxyl groups excluding tert-OH is 1. The minimum atomic E-state index is -4.48. The van der Waals surface area contributed by atoms with Crippen molar-refractivity contribution in [2.45, 2.75) is 12.8 Å². The van der Waals surface area contributed by atoms with Gasteiger partial charge in [0.2, 0.25) is 0 Å². The van der Waals surface area contributed by atoms with Gasteiger partial charge in [0.05, 0.1) is 22.9 Å². The van der Waals surface area contributed by atoms with Gasteiger partial charge in [0.1, 0.15) is 5.82 Å². The Morgan fingerprint density at radius 2 is 1.84 bits per heavy atom. The SMILES string of the molecule is CN(c1cc(C(=O)Nc2ccc(C(F)(F)F)cc2)ccc1F)c1ncc(CO)cc1Cl. The third-order valence-electron chi connectivity index (χ3n) is 4.42. The highest BCUT2D eigenvalue weighted by atomic mass is 35.5. The number of amides is 1. The average Bonchev–Trinajstić information content (AvgIpc) is 2.73. The van der Waals surface area contributed by atoms with E-state index in [2.05, 4.69) is 10.3 Å². The Morgan fingerprint density at radius 3 is 2.42 bits per heavy atom. The third kappa shape index (κ3) is 5.12. The second-order valence-corrected chi connectivity index (χ2v) is 6.97. The second kappa shape index (κ2) is 8.91. The number of halogens is 5. The molecule has 0 aliphatic carbocycles. The number of pyridine rings is 1. The summed E-state index contributed by atoms with van der Waals surface area (Å²) in [7, 11) is 1.50. The molecule has 31 heavy (non-hydrogen) atoms. The summed E-state index contributed by atoms with van der Waals surface area (Å²) in [5, 5.41) is 11.8. The van der Waals surface area contributed by atoms with Crippen LogP contribution >= 0.6 is 11.6 Å². The zero-order valence-corrected chi connectivity index (χ0v) is 16.8. The molecule has 2 N–H and O–H groups in total. The van der Waals surface area contributed by atoms with E-state index in [1.54, 1.807) is 0 Å². The Morgan fingerprint density at radius 1 is 1.16 bits per heavy atom. The van der Waals surface area contributed by atoms with Gasteiger partial charge >= 0.3 is 6.18 Å². The second-order valence-electron chi connectivity index (χ2n) is 6.56. The molecule has 5 nitrogen and oxygen atoms in total. The molecule has 1 heterocycles. The Bertz CT molecular complexity index is 1100. The summed E-state index contributed by atoms with van der Waals surface area (Å²) in [5.41, 5.74) is -0.126. The molecule has 0 atom stereocenters. The van der Waals surface area contributed by atoms with Crippen LogP contribution in [0.4, 0.5) is 34.8 Å². The van der Waals surface area contributed by atoms with Crippen LogP contribution < -0.4 is 10.2 Å². The van der Waals surface area contributed by atoms with Crippen LogP contribution in [-0.2, 0) is 12.8 Å². The molecule has 0 bridgehead atoms. The molecule has 0 saturated carbocycles. The summed E-state index contributed by atoms with van der Waals surface area (Å²) in [6, 6.07) is 9.05. The minimum Gasteiger partial charge on any atom is -0.392 e. The molecular formula is C21H16ClF4N3O2. The van der Waals surface area contributed by atoms with Crippen LogP contribution in [-0.4, -0.2) is 23.0 Å². The first kappa shape index (κ1) is 22.5. The molecule has 0 spiro atoms. The minimum absolute atomic E-state index is 0.00576. The van der Waals surface area contributed by atoms with E-state index in [9.17, 15) is 22.4 Å². The van der Waals surface area contributed by atoms with Gasteiger partial charge in [0, 0.05) is 24.5 Å². The Kier molecular flexibility index (Phi) is 6.47. The maximum absolute atomic E-state index is 14.4. The third-order valence-corrected chi connectivity index (χ3v) is 4.70. The topological polar surface area (TPSA) is 65.5 Å². The molecule has 0 fully saturated rings. The van der Waals surface area contributed by atoms with E-state index in [-0.39, 0.29) is 34.4 Å². The van der Waals surface area contributed by atoms with E-state index < -0.39 is 23.5 Å². The molecule has 0 radical (unpaired) electrons. The van der Waals surface area contributed by atoms with Gasteiger partial charge in [-0.3, -0.25) is 4.79 Å². The first-order chi connectivity index (χ1) is 14.6. The molecule has 10 heteroatoms. The number of hydrogen-bond donors (Lipinski definition) is 2. The van der Waals surface area contributed by atoms with Crippen LogP contribution in [0.3, 0.4) is 0 Å². The number of rotatable bonds is 5. The van der Waals surface area contributed by atoms with Gasteiger partial charge in [-0.1, -0.05) is 11.6 Å². The molecule has 0 aliphatic rings. The van der Waals surface area contributed by atoms with E-state index >= 15 is 0 Å². The van der Waals surface area contributed by atoms with Gasteiger partial charge < -0.3 is 15.3 Å². The number of aromatic nitrogens is 1. The van der Waals surface area contributed by atoms with Gasteiger partial charge in [-0.25, -0.2) is 9.37 Å². The summed E-state index contributed by atoms with van der Waals surface area (Å²) < 4.78 is 52.4. The quantitative estimate of drug-likeness (QED) is 0.507. The molecule has 0 unspecified atom stereocenters. The van der Waals surface area contributed by atoms with E-state index in [0.717, 1.165) is 30.3 Å². The van der Waals surface area contributed by atoms with Gasteiger partial charge in [-0.15, -0.1) is 0 Å². The Hall–Kier alpha value is -3.17. The normalized spacial score (nSPS) is 11.3. The lowest BCUT2D eigenvalue weighted by atomic mass is 10.1. The first-order valence-corrected chi connectivity index (χ1v) is 9.25. The van der Waals surface area contributed by atoms with Gasteiger partial charge in [-0.2, -0.15) is 13.2 Å². The highest BCUT2D eigenvalue weighted by Crippen LogP contribution is 2.32. The summed E-state index contributed by atoms with van der Waals surface area (Å²) in [6.45, 7) is -0.259. The number of nitrogens with zero attached hydrogens (tertiary/aromatic N) is 2. The van der Waals surface area contributed by atoms with Gasteiger partial charge in [0.25, 0.3) is 5.91 Å². The fourth-order valence-corrected chi connectivity index (χ4v) is 3.09. The van der Waals surface area contributed by atoms with E-state index in [1.165, 1.54) is 36.3 Å². The molecule has 0 saturated heterocycles. The molecular weight excluding hydrogens is 438 g/mol. The number of carbonyl (C=O) groups is 1. The summed E-state index contributed by atoms with van der Waals surface area (Å²) in [6.07, 6.45) is -3.10. The summed E-state index contributed by atoms with van der Waals surface area (Å²) >= 11 is 6.16. The van der Waals surface area contributed by atoms with Crippen molar-refractivity contribution in [3.8, 4) is 0 Å². The van der Waals surface area contributed by atoms with Crippen LogP contribution in [0.15, 0.2) is 54.7 Å². The van der Waals surface area contributed by atoms with Gasteiger partial charge in [-0.05, 0) is 54.1 Å². The predicted octanol–water partition coefficient (Wildman–Crippen LogP) is 5.41. The van der Waals surface area contributed by atoms with E-state index in [4.69, 9.17) is 16.7 Å². The zero-order valence-electron chi connectivity index (χ0n) is 16.0. The van der Waals surface area contributed by atoms with Crippen LogP contribution in [0.1, 0.15) is 21.5 Å². The average molecular weight is 454 g/mol. The van der Waals surface area contributed by atoms with Crippen molar-refractivity contribution < 1.29 is 27.5 Å². The van der Waals surface area contributed by atoms with Crippen molar-refractivity contribution >= 4 is 34.7 Å². The van der Waals surface area contributed by atoms with Crippen LogP contribution in [0.2, 0.25) is 5.02 Å². The van der Waals surface area contributed by atoms with Crippen molar-refractivity contribution in [1.29, 1.82) is 0 Å². The predicted molar refractivity (Wildman–Crippen MR) is 109 cm³/mol. The maximum Gasteiger partial charge on any atom is 0.416 e. The number of anilines is 3. The largest absolute Gasteiger partial charge is 0.416 e. The van der Waals surface area contributed by atoms with Crippen LogP contribution in [0.5, 0.6) is 0 Å². The van der Waals surface area contributed by atoms with Crippen molar-refractivity contribution in [3.63, 3.8) is 0 Å². The molecule has 2 aromatic carbocycles. The van der Waals surface area contributed by atoms with Gasteiger partial charge in [0.15, 0.2) is 5.82 Å². The number of nitrogens with one attached hydrogen (secondary N) is 1. The smallest absolute Gasteiger partial charge is 0.392 e. The van der Waals surface area contributed by atoms with Crippen molar-refractivity contribution in [3.05, 3.63) is 82.3 Å². The van der Waals surface area contributed by atoms with Crippen molar-refractivity contribution in [2.24, 2.45) is 0 Å². The Balaban J connectivity index is 1.84. The molecule has 0 aliphatic heterocycles. The lowest BCUT2D eigenvalue weighted by Crippen LogP contribution is -2.17. The number of hydrogen-bond acceptors (Lipinski definition) is 4. The van der Waals surface area contributed by atoms with Crippen molar-refractivity contribution in [1.82, 2.24) is 4.98 Å². The lowest BCUT2D eigenvalue weighted by Gasteiger charge is -2.21. The highest BCUT2D eigenvalue weighted by Gasteiger charge is 2.30. The molecule has 1 aromatic heterocycles. The standard InChI is InChI=1S/C21H16ClF4N3O2/c1-29(19-16(22)8-12(11-30)10-27-19)18-9-13(2-7-17(18)23)20(31)28-15-5-3-14(4-6-15)21(24,25)26/h2-10,30H,11H2,1H3,(H,28,31). The summed E-state index contributed by atoms with van der Waals surface area (Å²) in [5.74, 6) is -1.07. The van der Waals surface area contributed by atoms with Crippen LogP contribution in [0, 0.1) is 5.82 Å². The fraction of sp³-hybridized carbons (Fsp3) is 0.143. The van der Waals surface area contributed by atoms with Crippen molar-refractivity contribution in [2.75, 3.05) is 17.3 Å². The Labute approximate surface area is 179 Å². The number of benzene rings is 2. The molecule has 3 aromatic rings. The number of alkyl halides is 3. The maximum atomic E-state index is 14.4. The molecule has 1 amide bonds. The molecule has 3 rings (SSSR count).